The van der Waals surface area contributed by atoms with Crippen LogP contribution in [-0.2, 0) is 6.42 Å². The molecule has 1 fully saturated rings. The molecular weight excluding hydrogens is 270 g/mol. The molecule has 4 unspecified atom stereocenters. The lowest BCUT2D eigenvalue weighted by Crippen LogP contribution is -2.46. The van der Waals surface area contributed by atoms with E-state index in [9.17, 15) is 8.78 Å². The third-order valence-corrected chi connectivity index (χ3v) is 4.52. The molecule has 0 bridgehead atoms. The van der Waals surface area contributed by atoms with Gasteiger partial charge in [0.15, 0.2) is 0 Å². The van der Waals surface area contributed by atoms with Crippen molar-refractivity contribution < 1.29 is 8.78 Å². The van der Waals surface area contributed by atoms with E-state index in [4.69, 9.17) is 5.73 Å². The van der Waals surface area contributed by atoms with Crippen molar-refractivity contribution in [2.45, 2.75) is 52.6 Å². The van der Waals surface area contributed by atoms with Gasteiger partial charge in [0, 0.05) is 18.6 Å². The summed E-state index contributed by atoms with van der Waals surface area (Å²) in [6.45, 7) is 8.86. The summed E-state index contributed by atoms with van der Waals surface area (Å²) in [6, 6.07) is 2.89. The average molecular weight is 296 g/mol. The predicted molar refractivity (Wildman–Crippen MR) is 83.5 cm³/mol. The summed E-state index contributed by atoms with van der Waals surface area (Å²) >= 11 is 0. The van der Waals surface area contributed by atoms with Gasteiger partial charge in [-0.15, -0.1) is 0 Å². The van der Waals surface area contributed by atoms with Crippen LogP contribution in [0.1, 0.15) is 39.7 Å². The van der Waals surface area contributed by atoms with Crippen molar-refractivity contribution in [3.63, 3.8) is 0 Å². The van der Waals surface area contributed by atoms with Crippen molar-refractivity contribution in [2.75, 3.05) is 11.4 Å². The summed E-state index contributed by atoms with van der Waals surface area (Å²) in [4.78, 5) is 1.89. The zero-order valence-electron chi connectivity index (χ0n) is 13.4. The summed E-state index contributed by atoms with van der Waals surface area (Å²) in [5.74, 6) is -0.0763. The number of halogens is 2. The Balaban J connectivity index is 2.35. The third kappa shape index (κ3) is 3.54. The molecule has 118 valence electrons. The molecule has 4 atom stereocenters. The van der Waals surface area contributed by atoms with Crippen LogP contribution in [0.15, 0.2) is 12.1 Å². The van der Waals surface area contributed by atoms with Crippen LogP contribution in [0.5, 0.6) is 0 Å². The fraction of sp³-hybridized carbons (Fsp3) is 0.647. The largest absolute Gasteiger partial charge is 0.364 e. The highest BCUT2D eigenvalue weighted by molar-refractivity contribution is 5.52. The second kappa shape index (κ2) is 6.30. The first-order valence-corrected chi connectivity index (χ1v) is 7.79. The summed E-state index contributed by atoms with van der Waals surface area (Å²) < 4.78 is 28.9. The lowest BCUT2D eigenvalue weighted by atomic mass is 9.85. The Morgan fingerprint density at radius 2 is 1.81 bits per heavy atom. The van der Waals surface area contributed by atoms with Crippen LogP contribution < -0.4 is 10.6 Å². The van der Waals surface area contributed by atoms with E-state index in [1.165, 1.54) is 12.1 Å². The van der Waals surface area contributed by atoms with Crippen LogP contribution in [-0.4, -0.2) is 18.6 Å². The molecular formula is C17H26F2N2. The van der Waals surface area contributed by atoms with Crippen molar-refractivity contribution in [3.8, 4) is 0 Å². The molecule has 0 spiro atoms. The summed E-state index contributed by atoms with van der Waals surface area (Å²) in [7, 11) is 0. The van der Waals surface area contributed by atoms with Crippen LogP contribution >= 0.6 is 0 Å². The van der Waals surface area contributed by atoms with Crippen LogP contribution in [0.2, 0.25) is 0 Å². The molecule has 4 heteroatoms. The smallest absolute Gasteiger partial charge is 0.149 e. The molecule has 0 aliphatic carbocycles. The molecule has 0 saturated carbocycles. The Bertz CT molecular complexity index is 479. The number of rotatable bonds is 3. The first-order valence-electron chi connectivity index (χ1n) is 7.79. The number of nitrogens with two attached hydrogens (primary N) is 1. The van der Waals surface area contributed by atoms with Gasteiger partial charge in [-0.2, -0.15) is 0 Å². The van der Waals surface area contributed by atoms with Gasteiger partial charge >= 0.3 is 0 Å². The van der Waals surface area contributed by atoms with E-state index < -0.39 is 11.6 Å². The predicted octanol–water partition coefficient (Wildman–Crippen LogP) is 3.73. The van der Waals surface area contributed by atoms with Gasteiger partial charge in [0.1, 0.15) is 17.3 Å². The van der Waals surface area contributed by atoms with Crippen LogP contribution in [0.4, 0.5) is 14.5 Å². The van der Waals surface area contributed by atoms with Crippen molar-refractivity contribution in [1.29, 1.82) is 0 Å². The fourth-order valence-corrected chi connectivity index (χ4v) is 3.39. The summed E-state index contributed by atoms with van der Waals surface area (Å²) in [6.07, 6.45) is 1.58. The maximum atomic E-state index is 14.5. The molecule has 2 rings (SSSR count). The SMILES string of the molecule is CC(N)Cc1cc(F)c(N2CC(C)CC(C)C2C)c(F)c1. The number of hydrogen-bond acceptors (Lipinski definition) is 2. The minimum atomic E-state index is -0.473. The highest BCUT2D eigenvalue weighted by atomic mass is 19.1. The zero-order valence-corrected chi connectivity index (χ0v) is 13.4. The Hall–Kier alpha value is -1.16. The van der Waals surface area contributed by atoms with E-state index in [0.717, 1.165) is 6.42 Å². The van der Waals surface area contributed by atoms with Gasteiger partial charge in [0.05, 0.1) is 0 Å². The Labute approximate surface area is 126 Å². The topological polar surface area (TPSA) is 29.3 Å². The lowest BCUT2D eigenvalue weighted by molar-refractivity contribution is 0.292. The first kappa shape index (κ1) is 16.2. The second-order valence-corrected chi connectivity index (χ2v) is 6.80. The number of anilines is 1. The van der Waals surface area contributed by atoms with Gasteiger partial charge in [-0.1, -0.05) is 13.8 Å². The monoisotopic (exact) mass is 296 g/mol. The first-order chi connectivity index (χ1) is 9.79. The Morgan fingerprint density at radius 3 is 2.33 bits per heavy atom. The van der Waals surface area contributed by atoms with Gasteiger partial charge < -0.3 is 10.6 Å². The molecule has 0 aromatic heterocycles. The second-order valence-electron chi connectivity index (χ2n) is 6.80. The maximum absolute atomic E-state index is 14.5. The standard InChI is InChI=1S/C17H26F2N2/c1-10-5-11(2)13(4)21(9-10)17-15(18)7-14(6-12(3)20)8-16(17)19/h7-8,10-13H,5-6,9,20H2,1-4H3. The minimum Gasteiger partial charge on any atom is -0.364 e. The third-order valence-electron chi connectivity index (χ3n) is 4.52. The molecule has 0 amide bonds. The maximum Gasteiger partial charge on any atom is 0.149 e. The molecule has 1 aromatic rings. The van der Waals surface area contributed by atoms with Gasteiger partial charge in [-0.25, -0.2) is 8.78 Å². The zero-order chi connectivity index (χ0) is 15.7. The normalized spacial score (nSPS) is 27.8. The Morgan fingerprint density at radius 1 is 1.24 bits per heavy atom. The molecule has 1 aliphatic heterocycles. The van der Waals surface area contributed by atoms with Crippen LogP contribution in [0.3, 0.4) is 0 Å². The van der Waals surface area contributed by atoms with E-state index in [1.807, 2.05) is 18.7 Å². The molecule has 2 nitrogen and oxygen atoms in total. The number of hydrogen-bond donors (Lipinski definition) is 1. The lowest BCUT2D eigenvalue weighted by Gasteiger charge is -2.42. The van der Waals surface area contributed by atoms with Crippen molar-refractivity contribution in [1.82, 2.24) is 0 Å². The molecule has 1 aliphatic rings. The molecule has 1 saturated heterocycles. The Kier molecular flexibility index (Phi) is 4.87. The summed E-state index contributed by atoms with van der Waals surface area (Å²) in [5.41, 5.74) is 6.45. The number of benzene rings is 1. The van der Waals surface area contributed by atoms with Gasteiger partial charge in [-0.3, -0.25) is 0 Å². The van der Waals surface area contributed by atoms with E-state index in [-0.39, 0.29) is 17.8 Å². The van der Waals surface area contributed by atoms with E-state index in [2.05, 4.69) is 13.8 Å². The van der Waals surface area contributed by atoms with E-state index in [1.54, 1.807) is 0 Å². The molecule has 2 N–H and O–H groups in total. The minimum absolute atomic E-state index is 0.108. The van der Waals surface area contributed by atoms with E-state index in [0.29, 0.717) is 30.4 Å². The fourth-order valence-electron chi connectivity index (χ4n) is 3.39. The molecule has 1 aromatic carbocycles. The highest BCUT2D eigenvalue weighted by Crippen LogP contribution is 2.34. The van der Waals surface area contributed by atoms with Crippen molar-refractivity contribution in [2.24, 2.45) is 17.6 Å². The van der Waals surface area contributed by atoms with Crippen molar-refractivity contribution in [3.05, 3.63) is 29.3 Å². The van der Waals surface area contributed by atoms with Gasteiger partial charge in [0.25, 0.3) is 0 Å². The quantitative estimate of drug-likeness (QED) is 0.921. The van der Waals surface area contributed by atoms with Crippen LogP contribution in [0.25, 0.3) is 0 Å². The van der Waals surface area contributed by atoms with Gasteiger partial charge in [-0.05, 0) is 56.2 Å². The summed E-state index contributed by atoms with van der Waals surface area (Å²) in [5, 5.41) is 0. The molecule has 21 heavy (non-hydrogen) atoms. The number of piperidine rings is 1. The highest BCUT2D eigenvalue weighted by Gasteiger charge is 2.32. The van der Waals surface area contributed by atoms with E-state index >= 15 is 0 Å². The van der Waals surface area contributed by atoms with Crippen LogP contribution in [0, 0.1) is 23.5 Å². The van der Waals surface area contributed by atoms with Gasteiger partial charge in [0.2, 0.25) is 0 Å². The molecule has 1 heterocycles. The average Bonchev–Trinajstić information content (AvgIpc) is 2.33. The molecule has 0 radical (unpaired) electrons. The number of nitrogens with zero attached hydrogens (tertiary/aromatic N) is 1. The van der Waals surface area contributed by atoms with Crippen molar-refractivity contribution >= 4 is 5.69 Å².